The first-order valence-electron chi connectivity index (χ1n) is 6.44. The van der Waals surface area contributed by atoms with E-state index < -0.39 is 12.1 Å². The highest BCUT2D eigenvalue weighted by Gasteiger charge is 2.34. The predicted molar refractivity (Wildman–Crippen MR) is 75.2 cm³/mol. The van der Waals surface area contributed by atoms with Crippen molar-refractivity contribution in [2.75, 3.05) is 0 Å². The topological polar surface area (TPSA) is 62.9 Å². The molecule has 2 aliphatic rings. The van der Waals surface area contributed by atoms with E-state index in [-0.39, 0.29) is 5.75 Å². The summed E-state index contributed by atoms with van der Waals surface area (Å²) < 4.78 is 40.3. The van der Waals surface area contributed by atoms with E-state index in [2.05, 4.69) is 15.3 Å². The van der Waals surface area contributed by atoms with E-state index in [0.717, 1.165) is 11.1 Å². The first kappa shape index (κ1) is 14.5. The molecule has 1 aromatic rings. The number of allylic oxidation sites excluding steroid dienone is 2. The lowest BCUT2D eigenvalue weighted by Crippen LogP contribution is -2.56. The van der Waals surface area contributed by atoms with Crippen molar-refractivity contribution in [1.82, 2.24) is 10.3 Å². The molecule has 0 bridgehead atoms. The Kier molecular flexibility index (Phi) is 3.13. The van der Waals surface area contributed by atoms with Crippen molar-refractivity contribution in [3.05, 3.63) is 48.2 Å². The Bertz CT molecular complexity index is 674. The number of hydrogen-bond donors (Lipinski definition) is 2. The van der Waals surface area contributed by atoms with Crippen molar-refractivity contribution in [3.8, 4) is 5.75 Å². The monoisotopic (exact) mass is 310 g/mol. The summed E-state index contributed by atoms with van der Waals surface area (Å²) in [7, 11) is 0. The largest absolute Gasteiger partial charge is 0.573 e. The minimum absolute atomic E-state index is 0.259. The number of rotatable bonds is 2. The van der Waals surface area contributed by atoms with Crippen LogP contribution in [0.5, 0.6) is 5.75 Å². The lowest BCUT2D eigenvalue weighted by atomic mass is 10.0. The van der Waals surface area contributed by atoms with Crippen molar-refractivity contribution in [1.29, 1.82) is 0 Å². The van der Waals surface area contributed by atoms with Gasteiger partial charge in [0, 0.05) is 6.20 Å². The fraction of sp³-hybridized carbons (Fsp3) is 0.214. The van der Waals surface area contributed by atoms with E-state index in [9.17, 15) is 13.2 Å². The Morgan fingerprint density at radius 1 is 1.23 bits per heavy atom. The van der Waals surface area contributed by atoms with Gasteiger partial charge in [0.15, 0.2) is 11.6 Å². The van der Waals surface area contributed by atoms with Gasteiger partial charge in [-0.05, 0) is 42.3 Å². The Morgan fingerprint density at radius 3 is 2.55 bits per heavy atom. The third-order valence-corrected chi connectivity index (χ3v) is 3.25. The molecule has 0 radical (unpaired) electrons. The summed E-state index contributed by atoms with van der Waals surface area (Å²) in [5.74, 6) is -0.429. The van der Waals surface area contributed by atoms with Crippen LogP contribution >= 0.6 is 0 Å². The summed E-state index contributed by atoms with van der Waals surface area (Å²) in [6.45, 7) is 1.76. The molecule has 8 heteroatoms. The number of amidine groups is 1. The number of benzene rings is 1. The lowest BCUT2D eigenvalue weighted by molar-refractivity contribution is -0.274. The van der Waals surface area contributed by atoms with Crippen molar-refractivity contribution in [2.24, 2.45) is 10.8 Å². The molecule has 0 aliphatic carbocycles. The number of ether oxygens (including phenoxy) is 1. The first-order chi connectivity index (χ1) is 10.2. The third kappa shape index (κ3) is 2.77. The van der Waals surface area contributed by atoms with Gasteiger partial charge in [-0.1, -0.05) is 12.1 Å². The number of hydrazone groups is 1. The minimum Gasteiger partial charge on any atom is -0.406 e. The average molecular weight is 310 g/mol. The number of alkyl halides is 3. The van der Waals surface area contributed by atoms with Crippen LogP contribution in [0.3, 0.4) is 0 Å². The molecular formula is C14H13F3N4O. The van der Waals surface area contributed by atoms with Crippen LogP contribution in [0.25, 0.3) is 5.57 Å². The molecule has 0 saturated heterocycles. The molecule has 3 rings (SSSR count). The second-order valence-electron chi connectivity index (χ2n) is 5.09. The molecule has 1 unspecified atom stereocenters. The van der Waals surface area contributed by atoms with E-state index in [1.54, 1.807) is 36.2 Å². The Hall–Kier alpha value is -2.48. The van der Waals surface area contributed by atoms with Gasteiger partial charge < -0.3 is 4.74 Å². The van der Waals surface area contributed by atoms with Crippen LogP contribution < -0.4 is 15.9 Å². The number of halogens is 3. The van der Waals surface area contributed by atoms with Crippen molar-refractivity contribution in [2.45, 2.75) is 19.1 Å². The second kappa shape index (κ2) is 4.77. The first-order valence-corrected chi connectivity index (χ1v) is 6.44. The zero-order valence-corrected chi connectivity index (χ0v) is 11.6. The summed E-state index contributed by atoms with van der Waals surface area (Å²) in [6, 6.07) is 5.64. The Morgan fingerprint density at radius 2 is 1.91 bits per heavy atom. The summed E-state index contributed by atoms with van der Waals surface area (Å²) in [4.78, 5) is 1.75. The van der Waals surface area contributed by atoms with E-state index in [1.807, 2.05) is 6.08 Å². The molecular weight excluding hydrogens is 297 g/mol. The maximum Gasteiger partial charge on any atom is 0.573 e. The van der Waals surface area contributed by atoms with Gasteiger partial charge in [-0.25, -0.2) is 0 Å². The molecule has 1 atom stereocenters. The molecule has 2 aliphatic heterocycles. The molecule has 3 N–H and O–H groups in total. The van der Waals surface area contributed by atoms with E-state index >= 15 is 0 Å². The number of hydrogen-bond acceptors (Lipinski definition) is 5. The zero-order valence-electron chi connectivity index (χ0n) is 11.6. The van der Waals surface area contributed by atoms with Crippen molar-refractivity contribution >= 4 is 11.4 Å². The predicted octanol–water partition coefficient (Wildman–Crippen LogP) is 2.35. The highest BCUT2D eigenvalue weighted by atomic mass is 19.4. The van der Waals surface area contributed by atoms with Crippen LogP contribution in [-0.4, -0.2) is 22.9 Å². The summed E-state index contributed by atoms with van der Waals surface area (Å²) >= 11 is 0. The van der Waals surface area contributed by atoms with Crippen LogP contribution in [0, 0.1) is 0 Å². The SMILES string of the molecule is CC1(N)NN=C2C=CC(c3ccc(OC(F)(F)F)cc3)=CN21. The normalized spacial score (nSPS) is 23.6. The molecule has 0 spiro atoms. The molecule has 0 fully saturated rings. The summed E-state index contributed by atoms with van der Waals surface area (Å²) in [5.41, 5.74) is 10.4. The Balaban J connectivity index is 1.83. The van der Waals surface area contributed by atoms with E-state index in [1.165, 1.54) is 12.1 Å². The maximum absolute atomic E-state index is 12.1. The number of fused-ring (bicyclic) bond motifs is 1. The fourth-order valence-corrected chi connectivity index (χ4v) is 2.20. The van der Waals surface area contributed by atoms with Gasteiger partial charge in [0.25, 0.3) is 0 Å². The van der Waals surface area contributed by atoms with Gasteiger partial charge in [-0.2, -0.15) is 5.10 Å². The highest BCUT2D eigenvalue weighted by Crippen LogP contribution is 2.28. The smallest absolute Gasteiger partial charge is 0.406 e. The van der Waals surface area contributed by atoms with Crippen molar-refractivity contribution in [3.63, 3.8) is 0 Å². The van der Waals surface area contributed by atoms with Gasteiger partial charge in [0.1, 0.15) is 5.75 Å². The van der Waals surface area contributed by atoms with Gasteiger partial charge >= 0.3 is 6.36 Å². The van der Waals surface area contributed by atoms with Crippen molar-refractivity contribution < 1.29 is 17.9 Å². The van der Waals surface area contributed by atoms with Crippen LogP contribution in [0.1, 0.15) is 12.5 Å². The summed E-state index contributed by atoms with van der Waals surface area (Å²) in [6.07, 6.45) is 0.691. The van der Waals surface area contributed by atoms with Gasteiger partial charge in [-0.3, -0.25) is 16.1 Å². The van der Waals surface area contributed by atoms with Crippen LogP contribution in [0.15, 0.2) is 47.7 Å². The molecule has 22 heavy (non-hydrogen) atoms. The van der Waals surface area contributed by atoms with E-state index in [0.29, 0.717) is 5.84 Å². The highest BCUT2D eigenvalue weighted by molar-refractivity contribution is 6.00. The molecule has 1 aromatic carbocycles. The fourth-order valence-electron chi connectivity index (χ4n) is 2.20. The van der Waals surface area contributed by atoms with Crippen LogP contribution in [0.2, 0.25) is 0 Å². The average Bonchev–Trinajstić information content (AvgIpc) is 2.73. The standard InChI is InChI=1S/C14H13F3N4O/c1-13(18)20-19-12-7-4-10(8-21(12)13)9-2-5-11(6-3-9)22-14(15,16)17/h2-8,20H,18H2,1H3. The molecule has 2 heterocycles. The van der Waals surface area contributed by atoms with Gasteiger partial charge in [0.05, 0.1) is 0 Å². The van der Waals surface area contributed by atoms with Gasteiger partial charge in [-0.15, -0.1) is 13.2 Å². The number of nitrogens with one attached hydrogen (secondary N) is 1. The summed E-state index contributed by atoms with van der Waals surface area (Å²) in [5, 5.41) is 4.08. The molecule has 116 valence electrons. The number of nitrogens with zero attached hydrogens (tertiary/aromatic N) is 2. The number of nitrogens with two attached hydrogens (primary N) is 1. The Labute approximate surface area is 124 Å². The molecule has 5 nitrogen and oxygen atoms in total. The zero-order chi connectivity index (χ0) is 16.0. The second-order valence-corrected chi connectivity index (χ2v) is 5.09. The quantitative estimate of drug-likeness (QED) is 0.880. The maximum atomic E-state index is 12.1. The molecule has 0 saturated carbocycles. The lowest BCUT2D eigenvalue weighted by Gasteiger charge is -2.31. The van der Waals surface area contributed by atoms with Crippen LogP contribution in [0.4, 0.5) is 13.2 Å². The molecule has 0 amide bonds. The minimum atomic E-state index is -4.69. The van der Waals surface area contributed by atoms with Gasteiger partial charge in [0.2, 0.25) is 0 Å². The van der Waals surface area contributed by atoms with E-state index in [4.69, 9.17) is 5.73 Å². The third-order valence-electron chi connectivity index (χ3n) is 3.25. The molecule has 0 aromatic heterocycles. The van der Waals surface area contributed by atoms with Crippen LogP contribution in [-0.2, 0) is 0 Å².